The molecule has 0 aromatic heterocycles. The van der Waals surface area contributed by atoms with Crippen molar-refractivity contribution < 1.29 is 14.9 Å². The van der Waals surface area contributed by atoms with Crippen molar-refractivity contribution in [3.8, 4) is 11.5 Å². The lowest BCUT2D eigenvalue weighted by Gasteiger charge is -2.11. The largest absolute Gasteiger partial charge is 0.508 e. The summed E-state index contributed by atoms with van der Waals surface area (Å²) in [6.45, 7) is 0.318. The molecule has 0 atom stereocenters. The van der Waals surface area contributed by atoms with Gasteiger partial charge in [-0.25, -0.2) is 0 Å². The molecular weight excluding hydrogens is 280 g/mol. The molecule has 3 rings (SSSR count). The first-order valence-electron chi connectivity index (χ1n) is 6.74. The average molecular weight is 294 g/mol. The lowest BCUT2D eigenvalue weighted by atomic mass is 10.1. The molecule has 0 spiro atoms. The summed E-state index contributed by atoms with van der Waals surface area (Å²) in [6, 6.07) is 13.6. The molecule has 0 aliphatic carbocycles. The van der Waals surface area contributed by atoms with Crippen molar-refractivity contribution in [1.82, 2.24) is 0 Å². The minimum absolute atomic E-state index is 0.0814. The van der Waals surface area contributed by atoms with Gasteiger partial charge in [0.15, 0.2) is 0 Å². The summed E-state index contributed by atoms with van der Waals surface area (Å²) in [5.41, 5.74) is 2.81. The van der Waals surface area contributed by atoms with E-state index in [1.54, 1.807) is 54.8 Å². The number of azo groups is 1. The lowest BCUT2D eigenvalue weighted by molar-refractivity contribution is 0.276. The summed E-state index contributed by atoms with van der Waals surface area (Å²) in [6.07, 6.45) is 3.50. The second-order valence-corrected chi connectivity index (χ2v) is 4.76. The average Bonchev–Trinajstić information content (AvgIpc) is 2.55. The zero-order valence-electron chi connectivity index (χ0n) is 11.7. The Morgan fingerprint density at radius 3 is 2.45 bits per heavy atom. The summed E-state index contributed by atoms with van der Waals surface area (Å²) in [4.78, 5) is 0. The number of ether oxygens (including phenoxy) is 1. The van der Waals surface area contributed by atoms with Gasteiger partial charge in [0.25, 0.3) is 0 Å². The van der Waals surface area contributed by atoms with E-state index in [9.17, 15) is 10.2 Å². The Labute approximate surface area is 127 Å². The second kappa shape index (κ2) is 6.13. The van der Waals surface area contributed by atoms with Gasteiger partial charge in [-0.3, -0.25) is 0 Å². The first kappa shape index (κ1) is 13.9. The predicted molar refractivity (Wildman–Crippen MR) is 82.7 cm³/mol. The lowest BCUT2D eigenvalue weighted by Crippen LogP contribution is -1.98. The number of rotatable bonds is 3. The fourth-order valence-corrected chi connectivity index (χ4v) is 2.00. The molecule has 2 N–H and O–H groups in total. The van der Waals surface area contributed by atoms with Crippen LogP contribution >= 0.6 is 0 Å². The van der Waals surface area contributed by atoms with Crippen LogP contribution in [0.3, 0.4) is 0 Å². The SMILES string of the molecule is Oc1ccc(C2=COCC(N=Nc3ccccc3O)=C2)cc1. The normalized spacial score (nSPS) is 14.4. The van der Waals surface area contributed by atoms with Crippen molar-refractivity contribution in [2.75, 3.05) is 6.61 Å². The predicted octanol–water partition coefficient (Wildman–Crippen LogP) is 4.14. The molecule has 0 bridgehead atoms. The number of benzene rings is 2. The monoisotopic (exact) mass is 294 g/mol. The van der Waals surface area contributed by atoms with Gasteiger partial charge in [-0.05, 0) is 35.9 Å². The first-order chi connectivity index (χ1) is 10.7. The van der Waals surface area contributed by atoms with E-state index in [0.717, 1.165) is 11.1 Å². The van der Waals surface area contributed by atoms with E-state index in [-0.39, 0.29) is 11.5 Å². The number of phenols is 2. The molecule has 2 aromatic carbocycles. The van der Waals surface area contributed by atoms with E-state index in [0.29, 0.717) is 18.0 Å². The molecule has 5 heteroatoms. The van der Waals surface area contributed by atoms with Crippen LogP contribution in [0.15, 0.2) is 76.8 Å². The van der Waals surface area contributed by atoms with Crippen LogP contribution in [-0.4, -0.2) is 16.8 Å². The molecule has 5 nitrogen and oxygen atoms in total. The van der Waals surface area contributed by atoms with Gasteiger partial charge in [-0.2, -0.15) is 5.11 Å². The van der Waals surface area contributed by atoms with Gasteiger partial charge < -0.3 is 14.9 Å². The van der Waals surface area contributed by atoms with Crippen molar-refractivity contribution in [2.45, 2.75) is 0 Å². The quantitative estimate of drug-likeness (QED) is 0.835. The molecule has 0 radical (unpaired) electrons. The highest BCUT2D eigenvalue weighted by atomic mass is 16.5. The van der Waals surface area contributed by atoms with E-state index < -0.39 is 0 Å². The summed E-state index contributed by atoms with van der Waals surface area (Å²) in [7, 11) is 0. The fraction of sp³-hybridized carbons (Fsp3) is 0.0588. The molecule has 0 saturated heterocycles. The van der Waals surface area contributed by atoms with Crippen LogP contribution in [0.1, 0.15) is 5.56 Å². The molecule has 1 aliphatic rings. The van der Waals surface area contributed by atoms with Crippen molar-refractivity contribution >= 4 is 11.3 Å². The smallest absolute Gasteiger partial charge is 0.143 e. The molecule has 0 unspecified atom stereocenters. The van der Waals surface area contributed by atoms with Crippen molar-refractivity contribution in [3.05, 3.63) is 72.1 Å². The number of phenolic OH excluding ortho intramolecular Hbond substituents is 2. The van der Waals surface area contributed by atoms with Crippen LogP contribution < -0.4 is 0 Å². The summed E-state index contributed by atoms with van der Waals surface area (Å²) in [5, 5.41) is 27.1. The van der Waals surface area contributed by atoms with E-state index >= 15 is 0 Å². The van der Waals surface area contributed by atoms with Gasteiger partial charge in [0.2, 0.25) is 0 Å². The van der Waals surface area contributed by atoms with Crippen molar-refractivity contribution in [2.24, 2.45) is 10.2 Å². The zero-order chi connectivity index (χ0) is 15.4. The summed E-state index contributed by atoms with van der Waals surface area (Å²) in [5.74, 6) is 0.294. The second-order valence-electron chi connectivity index (χ2n) is 4.76. The third-order valence-electron chi connectivity index (χ3n) is 3.13. The molecule has 110 valence electrons. The highest BCUT2D eigenvalue weighted by Crippen LogP contribution is 2.28. The zero-order valence-corrected chi connectivity index (χ0v) is 11.7. The first-order valence-corrected chi connectivity index (χ1v) is 6.74. The summed E-state index contributed by atoms with van der Waals surface area (Å²) < 4.78 is 5.39. The number of hydrogen-bond acceptors (Lipinski definition) is 5. The standard InChI is InChI=1S/C17H14N2O3/c20-15-7-5-12(6-8-15)13-9-14(11-22-10-13)18-19-16-3-1-2-4-17(16)21/h1-10,20-21H,11H2. The van der Waals surface area contributed by atoms with Crippen LogP contribution in [0, 0.1) is 0 Å². The van der Waals surface area contributed by atoms with E-state index in [2.05, 4.69) is 10.2 Å². The van der Waals surface area contributed by atoms with E-state index in [1.165, 1.54) is 0 Å². The Kier molecular flexibility index (Phi) is 3.87. The molecular formula is C17H14N2O3. The number of aromatic hydroxyl groups is 2. The topological polar surface area (TPSA) is 74.4 Å². The number of allylic oxidation sites excluding steroid dienone is 2. The van der Waals surface area contributed by atoms with Crippen LogP contribution in [-0.2, 0) is 4.74 Å². The van der Waals surface area contributed by atoms with Crippen LogP contribution in [0.5, 0.6) is 11.5 Å². The third-order valence-corrected chi connectivity index (χ3v) is 3.13. The number of hydrogen-bond donors (Lipinski definition) is 2. The highest BCUT2D eigenvalue weighted by Gasteiger charge is 2.08. The minimum atomic E-state index is 0.0814. The minimum Gasteiger partial charge on any atom is -0.508 e. The van der Waals surface area contributed by atoms with Crippen molar-refractivity contribution in [3.63, 3.8) is 0 Å². The molecule has 0 saturated carbocycles. The van der Waals surface area contributed by atoms with Crippen LogP contribution in [0.2, 0.25) is 0 Å². The Balaban J connectivity index is 1.82. The maximum atomic E-state index is 9.66. The van der Waals surface area contributed by atoms with E-state index in [4.69, 9.17) is 4.74 Å². The third kappa shape index (κ3) is 3.15. The molecule has 0 fully saturated rings. The number of nitrogens with zero attached hydrogens (tertiary/aromatic N) is 2. The molecule has 22 heavy (non-hydrogen) atoms. The number of para-hydroxylation sites is 1. The Bertz CT molecular complexity index is 762. The van der Waals surface area contributed by atoms with Crippen molar-refractivity contribution in [1.29, 1.82) is 0 Å². The fourth-order valence-electron chi connectivity index (χ4n) is 2.00. The molecule has 1 heterocycles. The summed E-state index contributed by atoms with van der Waals surface area (Å²) >= 11 is 0. The Hall–Kier alpha value is -3.08. The van der Waals surface area contributed by atoms with Crippen LogP contribution in [0.4, 0.5) is 5.69 Å². The van der Waals surface area contributed by atoms with Gasteiger partial charge in [-0.15, -0.1) is 5.11 Å². The highest BCUT2D eigenvalue weighted by molar-refractivity contribution is 5.74. The Morgan fingerprint density at radius 1 is 0.909 bits per heavy atom. The maximum Gasteiger partial charge on any atom is 0.143 e. The van der Waals surface area contributed by atoms with E-state index in [1.807, 2.05) is 6.08 Å². The molecule has 1 aliphatic heterocycles. The van der Waals surface area contributed by atoms with Gasteiger partial charge in [-0.1, -0.05) is 24.3 Å². The molecule has 2 aromatic rings. The van der Waals surface area contributed by atoms with Crippen LogP contribution in [0.25, 0.3) is 5.57 Å². The van der Waals surface area contributed by atoms with Gasteiger partial charge in [0, 0.05) is 5.57 Å². The van der Waals surface area contributed by atoms with Gasteiger partial charge in [0.1, 0.15) is 29.5 Å². The maximum absolute atomic E-state index is 9.66. The molecule has 0 amide bonds. The Morgan fingerprint density at radius 2 is 1.68 bits per heavy atom. The van der Waals surface area contributed by atoms with Gasteiger partial charge in [0.05, 0.1) is 6.26 Å². The van der Waals surface area contributed by atoms with Gasteiger partial charge >= 0.3 is 0 Å².